The van der Waals surface area contributed by atoms with E-state index in [1.807, 2.05) is 6.92 Å². The summed E-state index contributed by atoms with van der Waals surface area (Å²) in [7, 11) is 0. The SMILES string of the molecule is CCCCCCCCCCCCCCCCCC[Se]C(=O)OCC. The fourth-order valence-corrected chi connectivity index (χ4v) is 4.47. The van der Waals surface area contributed by atoms with Gasteiger partial charge in [-0.1, -0.05) is 39.0 Å². The summed E-state index contributed by atoms with van der Waals surface area (Å²) in [5.74, 6) is 0. The normalized spacial score (nSPS) is 10.9. The Morgan fingerprint density at radius 2 is 1.00 bits per heavy atom. The molecule has 0 rings (SSSR count). The van der Waals surface area contributed by atoms with E-state index >= 15 is 0 Å². The van der Waals surface area contributed by atoms with Gasteiger partial charge in [-0.2, -0.15) is 0 Å². The zero-order valence-electron chi connectivity index (χ0n) is 16.5. The average molecular weight is 406 g/mol. The van der Waals surface area contributed by atoms with Crippen molar-refractivity contribution in [3.8, 4) is 0 Å². The van der Waals surface area contributed by atoms with Crippen LogP contribution in [0, 0.1) is 0 Å². The maximum absolute atomic E-state index is 11.2. The molecule has 0 heterocycles. The topological polar surface area (TPSA) is 26.3 Å². The molecule has 3 heteroatoms. The molecule has 0 saturated carbocycles. The first-order valence-electron chi connectivity index (χ1n) is 10.6. The number of carbonyl (C=O) groups excluding carboxylic acids is 1. The molecule has 24 heavy (non-hydrogen) atoms. The second kappa shape index (κ2) is 21.0. The van der Waals surface area contributed by atoms with Crippen LogP contribution in [-0.4, -0.2) is 26.4 Å². The van der Waals surface area contributed by atoms with Crippen LogP contribution < -0.4 is 0 Å². The van der Waals surface area contributed by atoms with E-state index in [4.69, 9.17) is 4.74 Å². The second-order valence-electron chi connectivity index (χ2n) is 6.83. The van der Waals surface area contributed by atoms with Crippen LogP contribution in [0.25, 0.3) is 0 Å². The Hall–Kier alpha value is -0.0105. The van der Waals surface area contributed by atoms with Gasteiger partial charge in [0, 0.05) is 0 Å². The van der Waals surface area contributed by atoms with Gasteiger partial charge in [0.15, 0.2) is 0 Å². The van der Waals surface area contributed by atoms with E-state index in [0.717, 1.165) is 5.32 Å². The fourth-order valence-electron chi connectivity index (χ4n) is 2.97. The molecule has 0 amide bonds. The van der Waals surface area contributed by atoms with Crippen LogP contribution in [0.3, 0.4) is 0 Å². The molecule has 0 fully saturated rings. The molecule has 0 aliphatic carbocycles. The van der Waals surface area contributed by atoms with Crippen LogP contribution in [-0.2, 0) is 4.74 Å². The first-order chi connectivity index (χ1) is 11.8. The standard InChI is InChI=1S/C21H42O2Se/c1-3-5-6-7-8-9-10-11-12-13-14-15-16-17-18-19-20-24-21(22)23-4-2/h3-20H2,1-2H3. The first-order valence-corrected chi connectivity index (χ1v) is 12.7. The van der Waals surface area contributed by atoms with E-state index in [1.165, 1.54) is 103 Å². The summed E-state index contributed by atoms with van der Waals surface area (Å²) in [5.41, 5.74) is 0. The number of hydrogen-bond donors (Lipinski definition) is 0. The third-order valence-electron chi connectivity index (χ3n) is 4.48. The molecule has 0 saturated heterocycles. The Labute approximate surface area is 158 Å². The van der Waals surface area contributed by atoms with E-state index in [2.05, 4.69) is 6.92 Å². The Bertz CT molecular complexity index is 256. The van der Waals surface area contributed by atoms with Gasteiger partial charge in [0.2, 0.25) is 0 Å². The maximum atomic E-state index is 11.2. The molecule has 0 aromatic rings. The van der Waals surface area contributed by atoms with Crippen molar-refractivity contribution < 1.29 is 9.53 Å². The van der Waals surface area contributed by atoms with Gasteiger partial charge in [-0.15, -0.1) is 0 Å². The number of rotatable bonds is 19. The van der Waals surface area contributed by atoms with Crippen LogP contribution in [0.5, 0.6) is 0 Å². The van der Waals surface area contributed by atoms with Crippen LogP contribution >= 0.6 is 0 Å². The second-order valence-corrected chi connectivity index (χ2v) is 9.00. The summed E-state index contributed by atoms with van der Waals surface area (Å²) in [4.78, 5) is 11.2. The van der Waals surface area contributed by atoms with Crippen LogP contribution in [0.15, 0.2) is 0 Å². The minimum atomic E-state index is 0.0333. The molecular weight excluding hydrogens is 363 g/mol. The Morgan fingerprint density at radius 3 is 1.38 bits per heavy atom. The summed E-state index contributed by atoms with van der Waals surface area (Å²) in [6, 6.07) is 0. The predicted molar refractivity (Wildman–Crippen MR) is 107 cm³/mol. The van der Waals surface area contributed by atoms with Gasteiger partial charge < -0.3 is 0 Å². The van der Waals surface area contributed by atoms with Gasteiger partial charge in [-0.05, 0) is 0 Å². The Balaban J connectivity index is 3.01. The van der Waals surface area contributed by atoms with Gasteiger partial charge in [-0.25, -0.2) is 0 Å². The van der Waals surface area contributed by atoms with Crippen LogP contribution in [0.4, 0.5) is 4.79 Å². The summed E-state index contributed by atoms with van der Waals surface area (Å²) in [5, 5.41) is 1.06. The van der Waals surface area contributed by atoms with Crippen LogP contribution in [0.1, 0.15) is 117 Å². The van der Waals surface area contributed by atoms with Crippen molar-refractivity contribution in [1.82, 2.24) is 0 Å². The molecule has 0 aliphatic rings. The van der Waals surface area contributed by atoms with Gasteiger partial charge in [0.1, 0.15) is 0 Å². The Kier molecular flexibility index (Phi) is 21.0. The van der Waals surface area contributed by atoms with E-state index in [9.17, 15) is 4.79 Å². The third-order valence-corrected chi connectivity index (χ3v) is 6.26. The van der Waals surface area contributed by atoms with E-state index in [-0.39, 0.29) is 19.8 Å². The molecule has 0 spiro atoms. The molecule has 2 nitrogen and oxygen atoms in total. The molecule has 0 bridgehead atoms. The summed E-state index contributed by atoms with van der Waals surface area (Å²) >= 11 is 0.0615. The van der Waals surface area contributed by atoms with Gasteiger partial charge >= 0.3 is 119 Å². The van der Waals surface area contributed by atoms with Crippen molar-refractivity contribution in [2.24, 2.45) is 0 Å². The zero-order chi connectivity index (χ0) is 17.7. The summed E-state index contributed by atoms with van der Waals surface area (Å²) in [6.45, 7) is 4.69. The van der Waals surface area contributed by atoms with Crippen molar-refractivity contribution in [2.75, 3.05) is 6.61 Å². The molecule has 0 atom stereocenters. The molecule has 0 aromatic heterocycles. The fraction of sp³-hybridized carbons (Fsp3) is 0.952. The van der Waals surface area contributed by atoms with Crippen LogP contribution in [0.2, 0.25) is 5.32 Å². The van der Waals surface area contributed by atoms with Crippen molar-refractivity contribution in [3.63, 3.8) is 0 Å². The molecule has 0 unspecified atom stereocenters. The molecule has 144 valence electrons. The van der Waals surface area contributed by atoms with Crippen molar-refractivity contribution in [2.45, 2.75) is 122 Å². The van der Waals surface area contributed by atoms with Crippen molar-refractivity contribution in [1.29, 1.82) is 0 Å². The summed E-state index contributed by atoms with van der Waals surface area (Å²) in [6.07, 6.45) is 22.4. The zero-order valence-corrected chi connectivity index (χ0v) is 18.2. The van der Waals surface area contributed by atoms with E-state index < -0.39 is 0 Å². The van der Waals surface area contributed by atoms with Gasteiger partial charge in [0.05, 0.1) is 0 Å². The molecular formula is C21H42O2Se. The number of carbonyl (C=O) groups is 1. The predicted octanol–water partition coefficient (Wildman–Crippen LogP) is 7.53. The number of ether oxygens (including phenoxy) is 1. The van der Waals surface area contributed by atoms with Crippen molar-refractivity contribution >= 4 is 19.8 Å². The molecule has 0 aromatic carbocycles. The third kappa shape index (κ3) is 20.0. The van der Waals surface area contributed by atoms with Gasteiger partial charge in [-0.3, -0.25) is 0 Å². The number of hydrogen-bond acceptors (Lipinski definition) is 2. The average Bonchev–Trinajstić information content (AvgIpc) is 2.58. The van der Waals surface area contributed by atoms with E-state index in [0.29, 0.717) is 6.61 Å². The summed E-state index contributed by atoms with van der Waals surface area (Å²) < 4.78 is 4.96. The van der Waals surface area contributed by atoms with Gasteiger partial charge in [0.25, 0.3) is 0 Å². The monoisotopic (exact) mass is 406 g/mol. The molecule has 0 N–H and O–H groups in total. The quantitative estimate of drug-likeness (QED) is 0.164. The number of unbranched alkanes of at least 4 members (excludes halogenated alkanes) is 15. The minimum absolute atomic E-state index is 0.0333. The van der Waals surface area contributed by atoms with E-state index in [1.54, 1.807) is 0 Å². The Morgan fingerprint density at radius 1 is 0.625 bits per heavy atom. The molecule has 0 aliphatic heterocycles. The first kappa shape index (κ1) is 24.0. The molecule has 0 radical (unpaired) electrons. The van der Waals surface area contributed by atoms with Crippen molar-refractivity contribution in [3.05, 3.63) is 0 Å².